The van der Waals surface area contributed by atoms with Crippen molar-refractivity contribution >= 4 is 11.9 Å². The zero-order valence-corrected chi connectivity index (χ0v) is 7.80. The predicted molar refractivity (Wildman–Crippen MR) is 47.6 cm³/mol. The highest BCUT2D eigenvalue weighted by Gasteiger charge is 2.60. The molecule has 2 bridgehead atoms. The minimum Gasteiger partial charge on any atom is -0.481 e. The molecule has 4 nitrogen and oxygen atoms in total. The first kappa shape index (κ1) is 9.24. The Bertz CT molecular complexity index is 333. The molecule has 2 N–H and O–H groups in total. The van der Waals surface area contributed by atoms with Crippen molar-refractivity contribution in [1.29, 1.82) is 0 Å². The first-order chi connectivity index (χ1) is 6.48. The van der Waals surface area contributed by atoms with E-state index in [9.17, 15) is 9.59 Å². The molecule has 14 heavy (non-hydrogen) atoms. The lowest BCUT2D eigenvalue weighted by molar-refractivity contribution is -0.162. The van der Waals surface area contributed by atoms with Crippen molar-refractivity contribution in [3.05, 3.63) is 12.2 Å². The van der Waals surface area contributed by atoms with E-state index in [-0.39, 0.29) is 11.8 Å². The van der Waals surface area contributed by atoms with Crippen molar-refractivity contribution in [2.24, 2.45) is 23.2 Å². The van der Waals surface area contributed by atoms with Gasteiger partial charge in [0.1, 0.15) is 0 Å². The maximum Gasteiger partial charge on any atom is 0.310 e. The molecule has 1 saturated carbocycles. The third-order valence-electron chi connectivity index (χ3n) is 3.69. The minimum atomic E-state index is -1.12. The van der Waals surface area contributed by atoms with Gasteiger partial charge in [-0.3, -0.25) is 9.59 Å². The van der Waals surface area contributed by atoms with Crippen LogP contribution in [0.25, 0.3) is 0 Å². The van der Waals surface area contributed by atoms with Crippen LogP contribution in [0.1, 0.15) is 13.3 Å². The highest BCUT2D eigenvalue weighted by molar-refractivity contribution is 5.85. The number of fused-ring (bicyclic) bond motifs is 2. The minimum absolute atomic E-state index is 0.0985. The van der Waals surface area contributed by atoms with Gasteiger partial charge in [-0.15, -0.1) is 0 Å². The Balaban J connectivity index is 2.45. The molecule has 2 aliphatic carbocycles. The molecule has 4 atom stereocenters. The summed E-state index contributed by atoms with van der Waals surface area (Å²) in [6, 6.07) is 0. The quantitative estimate of drug-likeness (QED) is 0.646. The van der Waals surface area contributed by atoms with Crippen molar-refractivity contribution in [3.8, 4) is 0 Å². The number of hydrogen-bond donors (Lipinski definition) is 2. The summed E-state index contributed by atoms with van der Waals surface area (Å²) in [5.74, 6) is -2.98. The fraction of sp³-hybridized carbons (Fsp3) is 0.600. The van der Waals surface area contributed by atoms with E-state index in [0.29, 0.717) is 6.42 Å². The van der Waals surface area contributed by atoms with Crippen LogP contribution in [0.5, 0.6) is 0 Å². The molecular formula is C10H12O4. The Hall–Kier alpha value is -1.32. The average molecular weight is 196 g/mol. The number of aliphatic carboxylic acids is 2. The number of carbonyl (C=O) groups is 2. The molecule has 0 aromatic rings. The molecule has 76 valence electrons. The largest absolute Gasteiger partial charge is 0.481 e. The van der Waals surface area contributed by atoms with Crippen molar-refractivity contribution < 1.29 is 19.8 Å². The van der Waals surface area contributed by atoms with E-state index in [1.807, 2.05) is 12.2 Å². The van der Waals surface area contributed by atoms with Crippen LogP contribution in [0.4, 0.5) is 0 Å². The van der Waals surface area contributed by atoms with Gasteiger partial charge in [0.15, 0.2) is 0 Å². The molecule has 0 radical (unpaired) electrons. The lowest BCUT2D eigenvalue weighted by atomic mass is 9.70. The second kappa shape index (κ2) is 2.59. The van der Waals surface area contributed by atoms with Crippen LogP contribution in [0.2, 0.25) is 0 Å². The Morgan fingerprint density at radius 3 is 2.43 bits per heavy atom. The molecule has 1 fully saturated rings. The lowest BCUT2D eigenvalue weighted by Gasteiger charge is -2.31. The van der Waals surface area contributed by atoms with E-state index in [2.05, 4.69) is 0 Å². The summed E-state index contributed by atoms with van der Waals surface area (Å²) in [6.45, 7) is 1.54. The Kier molecular flexibility index (Phi) is 1.71. The van der Waals surface area contributed by atoms with Gasteiger partial charge >= 0.3 is 11.9 Å². The van der Waals surface area contributed by atoms with Gasteiger partial charge in [0.05, 0.1) is 11.3 Å². The van der Waals surface area contributed by atoms with Crippen LogP contribution in [-0.2, 0) is 9.59 Å². The molecule has 2 aliphatic rings. The predicted octanol–water partition coefficient (Wildman–Crippen LogP) is 0.984. The zero-order chi connectivity index (χ0) is 10.5. The first-order valence-corrected chi connectivity index (χ1v) is 4.62. The molecule has 0 aromatic carbocycles. The summed E-state index contributed by atoms with van der Waals surface area (Å²) in [5, 5.41) is 18.1. The SMILES string of the molecule is C[C@]1(C(=O)O)[C@H]2C=C[C@@H](C2)[C@@H]1C(=O)O. The van der Waals surface area contributed by atoms with Crippen LogP contribution in [0, 0.1) is 23.2 Å². The molecule has 0 saturated heterocycles. The van der Waals surface area contributed by atoms with Crippen molar-refractivity contribution in [1.82, 2.24) is 0 Å². The van der Waals surface area contributed by atoms with Gasteiger partial charge < -0.3 is 10.2 Å². The van der Waals surface area contributed by atoms with Crippen LogP contribution < -0.4 is 0 Å². The zero-order valence-electron chi connectivity index (χ0n) is 7.80. The summed E-state index contributed by atoms with van der Waals surface area (Å²) in [6.07, 6.45) is 4.35. The van der Waals surface area contributed by atoms with Gasteiger partial charge in [-0.25, -0.2) is 0 Å². The van der Waals surface area contributed by atoms with Gasteiger partial charge in [-0.05, 0) is 25.2 Å². The first-order valence-electron chi connectivity index (χ1n) is 4.62. The third-order valence-corrected chi connectivity index (χ3v) is 3.69. The number of rotatable bonds is 2. The standard InChI is InChI=1S/C10H12O4/c1-10(9(13)14)6-3-2-5(4-6)7(10)8(11)12/h2-3,5-7H,4H2,1H3,(H,11,12)(H,13,14)/t5-,6-,7+,10-/m0/s1. The summed E-state index contributed by atoms with van der Waals surface area (Å²) in [4.78, 5) is 22.1. The molecule has 2 rings (SSSR count). The average Bonchev–Trinajstić information content (AvgIpc) is 2.61. The van der Waals surface area contributed by atoms with Gasteiger partial charge in [0, 0.05) is 0 Å². The number of hydrogen-bond acceptors (Lipinski definition) is 2. The third kappa shape index (κ3) is 0.882. The van der Waals surface area contributed by atoms with Crippen molar-refractivity contribution in [2.75, 3.05) is 0 Å². The van der Waals surface area contributed by atoms with E-state index in [4.69, 9.17) is 10.2 Å². The molecule has 4 heteroatoms. The Morgan fingerprint density at radius 1 is 1.36 bits per heavy atom. The Morgan fingerprint density at radius 2 is 2.00 bits per heavy atom. The van der Waals surface area contributed by atoms with Crippen LogP contribution in [0.3, 0.4) is 0 Å². The van der Waals surface area contributed by atoms with Gasteiger partial charge in [-0.1, -0.05) is 12.2 Å². The summed E-state index contributed by atoms with van der Waals surface area (Å²) in [5.41, 5.74) is -1.12. The monoisotopic (exact) mass is 196 g/mol. The lowest BCUT2D eigenvalue weighted by Crippen LogP contribution is -2.43. The second-order valence-electron chi connectivity index (χ2n) is 4.29. The molecule has 0 amide bonds. The maximum absolute atomic E-state index is 11.1. The molecule has 0 aromatic heterocycles. The number of allylic oxidation sites excluding steroid dienone is 2. The van der Waals surface area contributed by atoms with Gasteiger partial charge in [-0.2, -0.15) is 0 Å². The van der Waals surface area contributed by atoms with Crippen LogP contribution in [-0.4, -0.2) is 22.2 Å². The fourth-order valence-electron chi connectivity index (χ4n) is 2.83. The maximum atomic E-state index is 11.1. The van der Waals surface area contributed by atoms with E-state index in [1.165, 1.54) is 0 Å². The van der Waals surface area contributed by atoms with Gasteiger partial charge in [0.2, 0.25) is 0 Å². The van der Waals surface area contributed by atoms with Crippen molar-refractivity contribution in [3.63, 3.8) is 0 Å². The van der Waals surface area contributed by atoms with E-state index < -0.39 is 23.3 Å². The van der Waals surface area contributed by atoms with E-state index in [1.54, 1.807) is 6.92 Å². The van der Waals surface area contributed by atoms with Crippen LogP contribution >= 0.6 is 0 Å². The number of carboxylic acids is 2. The van der Waals surface area contributed by atoms with Crippen LogP contribution in [0.15, 0.2) is 12.2 Å². The van der Waals surface area contributed by atoms with E-state index in [0.717, 1.165) is 0 Å². The summed E-state index contributed by atoms with van der Waals surface area (Å²) < 4.78 is 0. The smallest absolute Gasteiger partial charge is 0.310 e. The van der Waals surface area contributed by atoms with E-state index >= 15 is 0 Å². The molecule has 0 heterocycles. The second-order valence-corrected chi connectivity index (χ2v) is 4.29. The molecule has 0 unspecified atom stereocenters. The normalized spacial score (nSPS) is 44.2. The Labute approximate surface area is 81.2 Å². The van der Waals surface area contributed by atoms with Gasteiger partial charge in [0.25, 0.3) is 0 Å². The molecule has 0 aliphatic heterocycles. The number of carboxylic acid groups (broad SMARTS) is 2. The summed E-state index contributed by atoms with van der Waals surface area (Å²) in [7, 11) is 0. The molecular weight excluding hydrogens is 184 g/mol. The highest BCUT2D eigenvalue weighted by atomic mass is 16.4. The highest BCUT2D eigenvalue weighted by Crippen LogP contribution is 2.56. The summed E-state index contributed by atoms with van der Waals surface area (Å²) >= 11 is 0. The molecule has 0 spiro atoms. The van der Waals surface area contributed by atoms with Crippen molar-refractivity contribution in [2.45, 2.75) is 13.3 Å². The fourth-order valence-corrected chi connectivity index (χ4v) is 2.83. The topological polar surface area (TPSA) is 74.6 Å².